The molecule has 1 aliphatic heterocycles. The summed E-state index contributed by atoms with van der Waals surface area (Å²) in [5, 5.41) is 0. The molecule has 13 heavy (non-hydrogen) atoms. The van der Waals surface area contributed by atoms with Gasteiger partial charge >= 0.3 is 0 Å². The van der Waals surface area contributed by atoms with E-state index in [0.29, 0.717) is 0 Å². The van der Waals surface area contributed by atoms with Gasteiger partial charge in [-0.25, -0.2) is 0 Å². The van der Waals surface area contributed by atoms with E-state index in [9.17, 15) is 0 Å². The van der Waals surface area contributed by atoms with E-state index in [1.165, 1.54) is 0 Å². The molecule has 1 heterocycles. The van der Waals surface area contributed by atoms with Crippen LogP contribution in [0.4, 0.5) is 0 Å². The van der Waals surface area contributed by atoms with E-state index in [0.717, 1.165) is 5.70 Å². The third-order valence-corrected chi connectivity index (χ3v) is 2.12. The number of nitrogens with zero attached hydrogens (tertiary/aromatic N) is 1. The van der Waals surface area contributed by atoms with Crippen LogP contribution in [-0.4, -0.2) is 6.21 Å². The summed E-state index contributed by atoms with van der Waals surface area (Å²) in [4.78, 5) is 4.42. The third kappa shape index (κ3) is 3.17. The zero-order valence-corrected chi connectivity index (χ0v) is 9.26. The third-order valence-electron chi connectivity index (χ3n) is 2.12. The predicted octanol–water partition coefficient (Wildman–Crippen LogP) is 3.58. The minimum atomic E-state index is 0.0762. The van der Waals surface area contributed by atoms with Crippen molar-refractivity contribution in [3.05, 3.63) is 23.9 Å². The van der Waals surface area contributed by atoms with Crippen LogP contribution in [0.25, 0.3) is 0 Å². The first kappa shape index (κ1) is 10.2. The lowest BCUT2D eigenvalue weighted by Gasteiger charge is -2.22. The minimum Gasteiger partial charge on any atom is -0.265 e. The van der Waals surface area contributed by atoms with Gasteiger partial charge in [-0.2, -0.15) is 0 Å². The Morgan fingerprint density at radius 1 is 1.00 bits per heavy atom. The maximum Gasteiger partial charge on any atom is 0.0337 e. The first-order valence-corrected chi connectivity index (χ1v) is 4.76. The summed E-state index contributed by atoms with van der Waals surface area (Å²) >= 11 is 0. The summed E-state index contributed by atoms with van der Waals surface area (Å²) in [6, 6.07) is 0. The Kier molecular flexibility index (Phi) is 2.47. The summed E-state index contributed by atoms with van der Waals surface area (Å²) < 4.78 is 0. The van der Waals surface area contributed by atoms with Gasteiger partial charge in [0.15, 0.2) is 0 Å². The van der Waals surface area contributed by atoms with Crippen molar-refractivity contribution in [3.63, 3.8) is 0 Å². The van der Waals surface area contributed by atoms with Crippen LogP contribution in [0.15, 0.2) is 28.9 Å². The molecule has 0 amide bonds. The van der Waals surface area contributed by atoms with Gasteiger partial charge in [-0.15, -0.1) is 0 Å². The molecule has 1 nitrogen and oxygen atoms in total. The van der Waals surface area contributed by atoms with Crippen LogP contribution >= 0.6 is 0 Å². The fraction of sp³-hybridized carbons (Fsp3) is 0.583. The second-order valence-electron chi connectivity index (χ2n) is 5.02. The Balaban J connectivity index is 3.10. The van der Waals surface area contributed by atoms with Crippen LogP contribution in [-0.2, 0) is 0 Å². The second kappa shape index (κ2) is 3.13. The summed E-state index contributed by atoms with van der Waals surface area (Å²) in [7, 11) is 0. The minimum absolute atomic E-state index is 0.0762. The molecule has 0 radical (unpaired) electrons. The molecule has 0 fully saturated rings. The largest absolute Gasteiger partial charge is 0.265 e. The molecule has 1 heteroatoms. The molecule has 0 aromatic rings. The molecule has 1 aliphatic rings. The standard InChI is InChI=1S/C12H19N/c1-10-8-11(2,3)6-7-12(4,5)9-13-10/h6-9H,1-5H3/b7-6-,10-8?,13-9?. The number of hydrogen-bond acceptors (Lipinski definition) is 1. The molecule has 0 aliphatic carbocycles. The lowest BCUT2D eigenvalue weighted by atomic mass is 9.85. The van der Waals surface area contributed by atoms with Gasteiger partial charge in [-0.1, -0.05) is 45.9 Å². The Hall–Kier alpha value is -0.850. The SMILES string of the molecule is CC1=CC(C)(C)/C=C\C(C)(C)C=N1. The summed E-state index contributed by atoms with van der Waals surface area (Å²) in [5.41, 5.74) is 1.30. The van der Waals surface area contributed by atoms with Crippen LogP contribution in [0.1, 0.15) is 34.6 Å². The molecule has 0 aromatic heterocycles. The highest BCUT2D eigenvalue weighted by molar-refractivity contribution is 5.69. The Bertz CT molecular complexity index is 277. The van der Waals surface area contributed by atoms with Crippen molar-refractivity contribution in [2.45, 2.75) is 34.6 Å². The van der Waals surface area contributed by atoms with E-state index >= 15 is 0 Å². The van der Waals surface area contributed by atoms with E-state index in [2.05, 4.69) is 50.9 Å². The first-order chi connectivity index (χ1) is 5.81. The molecular formula is C12H19N. The maximum absolute atomic E-state index is 4.42. The quantitative estimate of drug-likeness (QED) is 0.501. The number of rotatable bonds is 0. The number of hydrogen-bond donors (Lipinski definition) is 0. The molecule has 0 aromatic carbocycles. The van der Waals surface area contributed by atoms with Gasteiger partial charge in [-0.3, -0.25) is 4.99 Å². The second-order valence-corrected chi connectivity index (χ2v) is 5.02. The van der Waals surface area contributed by atoms with E-state index in [1.54, 1.807) is 0 Å². The lowest BCUT2D eigenvalue weighted by Crippen LogP contribution is -2.14. The highest BCUT2D eigenvalue weighted by atomic mass is 14.7. The van der Waals surface area contributed by atoms with Crippen molar-refractivity contribution >= 4 is 6.21 Å². The molecule has 0 spiro atoms. The maximum atomic E-state index is 4.42. The predicted molar refractivity (Wildman–Crippen MR) is 59.0 cm³/mol. The van der Waals surface area contributed by atoms with Gasteiger partial charge in [-0.05, 0) is 6.92 Å². The van der Waals surface area contributed by atoms with Crippen LogP contribution in [0.5, 0.6) is 0 Å². The Labute approximate surface area is 81.3 Å². The molecule has 72 valence electrons. The van der Waals surface area contributed by atoms with Crippen molar-refractivity contribution in [1.82, 2.24) is 0 Å². The lowest BCUT2D eigenvalue weighted by molar-refractivity contribution is 0.592. The van der Waals surface area contributed by atoms with E-state index in [4.69, 9.17) is 0 Å². The van der Waals surface area contributed by atoms with Gasteiger partial charge in [0.25, 0.3) is 0 Å². The van der Waals surface area contributed by atoms with Crippen LogP contribution in [0.2, 0.25) is 0 Å². The van der Waals surface area contributed by atoms with Gasteiger partial charge in [0.05, 0.1) is 0 Å². The monoisotopic (exact) mass is 177 g/mol. The fourth-order valence-electron chi connectivity index (χ4n) is 1.36. The fourth-order valence-corrected chi connectivity index (χ4v) is 1.36. The highest BCUT2D eigenvalue weighted by Crippen LogP contribution is 2.27. The highest BCUT2D eigenvalue weighted by Gasteiger charge is 2.17. The van der Waals surface area contributed by atoms with Crippen molar-refractivity contribution < 1.29 is 0 Å². The van der Waals surface area contributed by atoms with Crippen LogP contribution < -0.4 is 0 Å². The summed E-state index contributed by atoms with van der Waals surface area (Å²) in [5.74, 6) is 0. The average Bonchev–Trinajstić information content (AvgIpc) is 1.96. The topological polar surface area (TPSA) is 12.4 Å². The van der Waals surface area contributed by atoms with Crippen molar-refractivity contribution in [2.75, 3.05) is 0 Å². The van der Waals surface area contributed by atoms with Gasteiger partial charge in [0, 0.05) is 22.7 Å². The molecular weight excluding hydrogens is 158 g/mol. The molecule has 1 rings (SSSR count). The number of allylic oxidation sites excluding steroid dienone is 4. The molecule has 0 N–H and O–H groups in total. The average molecular weight is 177 g/mol. The normalized spacial score (nSPS) is 27.3. The number of aliphatic imine (C=N–C) groups is 1. The van der Waals surface area contributed by atoms with Gasteiger partial charge in [0.1, 0.15) is 0 Å². The van der Waals surface area contributed by atoms with E-state index in [1.807, 2.05) is 13.1 Å². The van der Waals surface area contributed by atoms with Gasteiger partial charge < -0.3 is 0 Å². The van der Waals surface area contributed by atoms with E-state index < -0.39 is 0 Å². The van der Waals surface area contributed by atoms with Gasteiger partial charge in [0.2, 0.25) is 0 Å². The molecule has 0 unspecified atom stereocenters. The first-order valence-electron chi connectivity index (χ1n) is 4.76. The summed E-state index contributed by atoms with van der Waals surface area (Å²) in [6.45, 7) is 10.8. The van der Waals surface area contributed by atoms with Crippen molar-refractivity contribution in [2.24, 2.45) is 15.8 Å². The van der Waals surface area contributed by atoms with Crippen molar-refractivity contribution in [1.29, 1.82) is 0 Å². The molecule has 0 saturated heterocycles. The Morgan fingerprint density at radius 2 is 1.54 bits per heavy atom. The zero-order chi connectivity index (χ0) is 10.1. The summed E-state index contributed by atoms with van der Waals surface area (Å²) in [6.07, 6.45) is 8.67. The van der Waals surface area contributed by atoms with Crippen LogP contribution in [0, 0.1) is 10.8 Å². The zero-order valence-electron chi connectivity index (χ0n) is 9.26. The van der Waals surface area contributed by atoms with E-state index in [-0.39, 0.29) is 10.8 Å². The molecule has 0 bridgehead atoms. The smallest absolute Gasteiger partial charge is 0.0337 e. The van der Waals surface area contributed by atoms with Crippen LogP contribution in [0.3, 0.4) is 0 Å². The van der Waals surface area contributed by atoms with Crippen molar-refractivity contribution in [3.8, 4) is 0 Å². The Morgan fingerprint density at radius 3 is 2.15 bits per heavy atom. The molecule has 0 saturated carbocycles. The molecule has 0 atom stereocenters.